The van der Waals surface area contributed by atoms with Gasteiger partial charge >= 0.3 is 0 Å². The van der Waals surface area contributed by atoms with E-state index in [1.165, 1.54) is 12.4 Å². The summed E-state index contributed by atoms with van der Waals surface area (Å²) in [5.74, 6) is -0.231. The topological polar surface area (TPSA) is 37.8 Å². The molecule has 0 aliphatic heterocycles. The molecule has 1 heterocycles. The molecule has 3 nitrogen and oxygen atoms in total. The molecule has 1 N–H and O–H groups in total. The van der Waals surface area contributed by atoms with Gasteiger partial charge in [-0.1, -0.05) is 18.2 Å². The van der Waals surface area contributed by atoms with E-state index in [1.54, 1.807) is 31.6 Å². The van der Waals surface area contributed by atoms with Crippen LogP contribution in [-0.4, -0.2) is 17.0 Å². The van der Waals surface area contributed by atoms with Crippen LogP contribution in [0.5, 0.6) is 0 Å². The van der Waals surface area contributed by atoms with E-state index >= 15 is 0 Å². The highest BCUT2D eigenvalue weighted by atomic mass is 19.1. The lowest BCUT2D eigenvalue weighted by Crippen LogP contribution is -2.19. The second kappa shape index (κ2) is 4.81. The van der Waals surface area contributed by atoms with Crippen LogP contribution < -0.4 is 5.32 Å². The van der Waals surface area contributed by atoms with Crippen molar-refractivity contribution in [2.24, 2.45) is 0 Å². The van der Waals surface area contributed by atoms with Gasteiger partial charge in [0.1, 0.15) is 12.1 Å². The highest BCUT2D eigenvalue weighted by Crippen LogP contribution is 2.22. The summed E-state index contributed by atoms with van der Waals surface area (Å²) in [7, 11) is 1.78. The number of nitrogens with zero attached hydrogens (tertiary/aromatic N) is 2. The Bertz CT molecular complexity index is 459. The fourth-order valence-corrected chi connectivity index (χ4v) is 1.67. The van der Waals surface area contributed by atoms with Crippen LogP contribution >= 0.6 is 0 Å². The van der Waals surface area contributed by atoms with Gasteiger partial charge in [-0.3, -0.25) is 0 Å². The van der Waals surface area contributed by atoms with E-state index in [0.717, 1.165) is 5.56 Å². The molecule has 0 aliphatic carbocycles. The van der Waals surface area contributed by atoms with Gasteiger partial charge < -0.3 is 5.32 Å². The van der Waals surface area contributed by atoms with Crippen LogP contribution in [-0.2, 0) is 0 Å². The van der Waals surface area contributed by atoms with Crippen LogP contribution in [0.15, 0.2) is 43.0 Å². The molecule has 0 aliphatic rings. The van der Waals surface area contributed by atoms with Crippen LogP contribution in [0.1, 0.15) is 17.2 Å². The van der Waals surface area contributed by atoms with Gasteiger partial charge in [0, 0.05) is 23.5 Å². The van der Waals surface area contributed by atoms with E-state index in [1.807, 2.05) is 6.07 Å². The van der Waals surface area contributed by atoms with Crippen LogP contribution in [0.2, 0.25) is 0 Å². The summed E-state index contributed by atoms with van der Waals surface area (Å²) < 4.78 is 13.6. The van der Waals surface area contributed by atoms with Crippen LogP contribution in [0.4, 0.5) is 4.39 Å². The molecule has 1 unspecified atom stereocenters. The van der Waals surface area contributed by atoms with Gasteiger partial charge in [-0.15, -0.1) is 0 Å². The molecule has 4 heteroatoms. The lowest BCUT2D eigenvalue weighted by molar-refractivity contribution is 0.574. The molecule has 0 spiro atoms. The van der Waals surface area contributed by atoms with Crippen LogP contribution in [0.25, 0.3) is 0 Å². The van der Waals surface area contributed by atoms with Gasteiger partial charge in [-0.25, -0.2) is 14.4 Å². The fourth-order valence-electron chi connectivity index (χ4n) is 1.67. The highest BCUT2D eigenvalue weighted by Gasteiger charge is 2.15. The molecule has 1 aromatic heterocycles. The maximum atomic E-state index is 13.6. The monoisotopic (exact) mass is 217 g/mol. The lowest BCUT2D eigenvalue weighted by Gasteiger charge is -2.16. The Hall–Kier alpha value is -1.81. The predicted molar refractivity (Wildman–Crippen MR) is 59.3 cm³/mol. The first kappa shape index (κ1) is 10.7. The van der Waals surface area contributed by atoms with E-state index in [9.17, 15) is 4.39 Å². The highest BCUT2D eigenvalue weighted by molar-refractivity contribution is 5.29. The number of benzene rings is 1. The summed E-state index contributed by atoms with van der Waals surface area (Å²) >= 11 is 0. The van der Waals surface area contributed by atoms with Crippen molar-refractivity contribution in [2.75, 3.05) is 7.05 Å². The number of rotatable bonds is 3. The van der Waals surface area contributed by atoms with Gasteiger partial charge in [-0.2, -0.15) is 0 Å². The summed E-state index contributed by atoms with van der Waals surface area (Å²) in [6.45, 7) is 0. The first-order valence-corrected chi connectivity index (χ1v) is 4.99. The largest absolute Gasteiger partial charge is 0.309 e. The van der Waals surface area contributed by atoms with E-state index < -0.39 is 0 Å². The quantitative estimate of drug-likeness (QED) is 0.853. The third-order valence-corrected chi connectivity index (χ3v) is 2.42. The number of halogens is 1. The van der Waals surface area contributed by atoms with Crippen LogP contribution in [0, 0.1) is 5.82 Å². The molecule has 1 atom stereocenters. The maximum Gasteiger partial charge on any atom is 0.128 e. The van der Waals surface area contributed by atoms with Crippen molar-refractivity contribution in [3.8, 4) is 0 Å². The molecule has 82 valence electrons. The lowest BCUT2D eigenvalue weighted by atomic mass is 10.0. The van der Waals surface area contributed by atoms with Gasteiger partial charge in [0.25, 0.3) is 0 Å². The zero-order valence-electron chi connectivity index (χ0n) is 8.89. The minimum absolute atomic E-state index is 0.220. The van der Waals surface area contributed by atoms with Gasteiger partial charge in [0.15, 0.2) is 0 Å². The Morgan fingerprint density at radius 3 is 2.50 bits per heavy atom. The van der Waals surface area contributed by atoms with Gasteiger partial charge in [0.05, 0.1) is 6.04 Å². The molecule has 1 aromatic carbocycles. The van der Waals surface area contributed by atoms with E-state index in [-0.39, 0.29) is 11.9 Å². The molecule has 0 fully saturated rings. The van der Waals surface area contributed by atoms with Crippen molar-refractivity contribution < 1.29 is 4.39 Å². The molecule has 0 saturated heterocycles. The molecule has 16 heavy (non-hydrogen) atoms. The Labute approximate surface area is 93.4 Å². The molecule has 0 saturated carbocycles. The van der Waals surface area contributed by atoms with Crippen molar-refractivity contribution >= 4 is 0 Å². The number of nitrogens with one attached hydrogen (secondary N) is 1. The smallest absolute Gasteiger partial charge is 0.128 e. The summed E-state index contributed by atoms with van der Waals surface area (Å²) in [6.07, 6.45) is 4.82. The summed E-state index contributed by atoms with van der Waals surface area (Å²) in [4.78, 5) is 7.87. The maximum absolute atomic E-state index is 13.6. The first-order chi connectivity index (χ1) is 7.83. The third kappa shape index (κ3) is 2.06. The zero-order valence-corrected chi connectivity index (χ0v) is 8.89. The normalized spacial score (nSPS) is 12.4. The van der Waals surface area contributed by atoms with Crippen molar-refractivity contribution in [1.82, 2.24) is 15.3 Å². The average Bonchev–Trinajstić information content (AvgIpc) is 2.34. The van der Waals surface area contributed by atoms with E-state index in [0.29, 0.717) is 5.56 Å². The van der Waals surface area contributed by atoms with Crippen molar-refractivity contribution in [3.63, 3.8) is 0 Å². The number of aromatic nitrogens is 2. The summed E-state index contributed by atoms with van der Waals surface area (Å²) in [5.41, 5.74) is 1.44. The molecular weight excluding hydrogens is 205 g/mol. The average molecular weight is 217 g/mol. The minimum atomic E-state index is -0.231. The van der Waals surface area contributed by atoms with Crippen molar-refractivity contribution in [1.29, 1.82) is 0 Å². The Morgan fingerprint density at radius 2 is 1.88 bits per heavy atom. The van der Waals surface area contributed by atoms with Gasteiger partial charge in [-0.05, 0) is 13.1 Å². The van der Waals surface area contributed by atoms with Gasteiger partial charge in [0.2, 0.25) is 0 Å². The first-order valence-electron chi connectivity index (χ1n) is 4.99. The molecule has 2 aromatic rings. The molecule has 0 radical (unpaired) electrons. The molecule has 0 bridgehead atoms. The minimum Gasteiger partial charge on any atom is -0.309 e. The second-order valence-electron chi connectivity index (χ2n) is 3.42. The Kier molecular flexibility index (Phi) is 3.22. The number of hydrogen-bond donors (Lipinski definition) is 1. The fraction of sp³-hybridized carbons (Fsp3) is 0.167. The number of hydrogen-bond acceptors (Lipinski definition) is 3. The summed E-state index contributed by atoms with van der Waals surface area (Å²) in [5, 5.41) is 3.06. The van der Waals surface area contributed by atoms with Crippen LogP contribution in [0.3, 0.4) is 0 Å². The Balaban J connectivity index is 2.41. The molecule has 0 amide bonds. The van der Waals surface area contributed by atoms with E-state index in [4.69, 9.17) is 0 Å². The van der Waals surface area contributed by atoms with E-state index in [2.05, 4.69) is 15.3 Å². The molecule has 2 rings (SSSR count). The predicted octanol–water partition coefficient (Wildman–Crippen LogP) is 1.92. The Morgan fingerprint density at radius 1 is 1.19 bits per heavy atom. The second-order valence-corrected chi connectivity index (χ2v) is 3.42. The third-order valence-electron chi connectivity index (χ3n) is 2.42. The zero-order chi connectivity index (χ0) is 11.4. The van der Waals surface area contributed by atoms with Crippen molar-refractivity contribution in [3.05, 3.63) is 59.9 Å². The SMILES string of the molecule is CNC(c1cncnc1)c1ccccc1F. The molecular formula is C12H12FN3. The van der Waals surface area contributed by atoms with Crippen molar-refractivity contribution in [2.45, 2.75) is 6.04 Å². The summed E-state index contributed by atoms with van der Waals surface area (Å²) in [6, 6.07) is 6.47. The standard InChI is InChI=1S/C12H12FN3/c1-14-12(9-6-15-8-16-7-9)10-4-2-3-5-11(10)13/h2-8,12,14H,1H3.